The van der Waals surface area contributed by atoms with E-state index < -0.39 is 10.0 Å². The second kappa shape index (κ2) is 15.6. The van der Waals surface area contributed by atoms with E-state index in [4.69, 9.17) is 21.1 Å². The van der Waals surface area contributed by atoms with Gasteiger partial charge in [0, 0.05) is 25.0 Å². The van der Waals surface area contributed by atoms with Gasteiger partial charge in [0.25, 0.3) is 0 Å². The van der Waals surface area contributed by atoms with E-state index in [-0.39, 0.29) is 35.2 Å². The Morgan fingerprint density at radius 2 is 1.73 bits per heavy atom. The number of unbranched alkanes of at least 4 members (excludes halogenated alkanes) is 1. The lowest BCUT2D eigenvalue weighted by molar-refractivity contribution is -0.151. The van der Waals surface area contributed by atoms with Crippen molar-refractivity contribution in [1.29, 1.82) is 5.26 Å². The summed E-state index contributed by atoms with van der Waals surface area (Å²) >= 11 is 6.09. The van der Waals surface area contributed by atoms with Crippen LogP contribution < -0.4 is 4.74 Å². The number of hydrogen-bond acceptors (Lipinski definition) is 6. The summed E-state index contributed by atoms with van der Waals surface area (Å²) in [6.45, 7) is 13.6. The number of carbonyl (C=O) groups is 1. The topological polar surface area (TPSA) is 96.7 Å². The molecule has 0 bridgehead atoms. The van der Waals surface area contributed by atoms with Gasteiger partial charge in [-0.05, 0) is 82.5 Å². The molecule has 0 aliphatic heterocycles. The molecule has 0 radical (unpaired) electrons. The number of nitrogens with zero attached hydrogens (tertiary/aromatic N) is 2. The molecule has 0 heterocycles. The fraction of sp³-hybridized carbons (Fsp3) is 0.500. The van der Waals surface area contributed by atoms with E-state index in [2.05, 4.69) is 0 Å². The molecule has 9 heteroatoms. The molecule has 0 aromatic heterocycles. The summed E-state index contributed by atoms with van der Waals surface area (Å²) in [6, 6.07) is 11.6. The SMILES string of the molecule is C.CC(=O)OC(C)(C)C.CCCCN(CCC)S(=O)(=O)c1cc(C#N)ccc1Oc1cc(C)cc(Cl)c1. The minimum Gasteiger partial charge on any atom is -0.460 e. The number of ether oxygens (including phenoxy) is 2. The smallest absolute Gasteiger partial charge is 0.303 e. The first-order valence-electron chi connectivity index (χ1n) is 11.9. The molecule has 0 spiro atoms. The number of carbonyl (C=O) groups excluding carboxylic acids is 1. The molecule has 0 aliphatic carbocycles. The van der Waals surface area contributed by atoms with Crippen LogP contribution in [0.4, 0.5) is 0 Å². The quantitative estimate of drug-likeness (QED) is 0.299. The maximum atomic E-state index is 13.4. The molecule has 0 fully saturated rings. The van der Waals surface area contributed by atoms with E-state index in [0.717, 1.165) is 18.4 Å². The first-order valence-corrected chi connectivity index (χ1v) is 13.7. The van der Waals surface area contributed by atoms with Gasteiger partial charge >= 0.3 is 5.97 Å². The monoisotopic (exact) mass is 552 g/mol. The highest BCUT2D eigenvalue weighted by atomic mass is 35.5. The zero-order valence-electron chi connectivity index (χ0n) is 22.2. The van der Waals surface area contributed by atoms with Crippen LogP contribution in [-0.2, 0) is 19.6 Å². The first kappa shape index (κ1) is 34.4. The van der Waals surface area contributed by atoms with Crippen LogP contribution in [0.1, 0.15) is 79.4 Å². The van der Waals surface area contributed by atoms with Crippen molar-refractivity contribution in [3.05, 3.63) is 52.5 Å². The molecular weight excluding hydrogens is 512 g/mol. The van der Waals surface area contributed by atoms with Crippen LogP contribution in [0.15, 0.2) is 41.3 Å². The molecular formula is C28H41ClN2O5S. The van der Waals surface area contributed by atoms with Gasteiger partial charge in [0.1, 0.15) is 22.0 Å². The summed E-state index contributed by atoms with van der Waals surface area (Å²) < 4.78 is 38.9. The van der Waals surface area contributed by atoms with Crippen molar-refractivity contribution in [2.45, 2.75) is 85.7 Å². The minimum atomic E-state index is -3.81. The highest BCUT2D eigenvalue weighted by Crippen LogP contribution is 2.33. The van der Waals surface area contributed by atoms with Gasteiger partial charge in [-0.15, -0.1) is 0 Å². The number of rotatable bonds is 9. The average Bonchev–Trinajstić information content (AvgIpc) is 2.74. The number of sulfonamides is 1. The Kier molecular flexibility index (Phi) is 14.5. The lowest BCUT2D eigenvalue weighted by Crippen LogP contribution is -2.33. The Morgan fingerprint density at radius 1 is 1.08 bits per heavy atom. The molecule has 37 heavy (non-hydrogen) atoms. The summed E-state index contributed by atoms with van der Waals surface area (Å²) in [4.78, 5) is 10.2. The third kappa shape index (κ3) is 12.0. The lowest BCUT2D eigenvalue weighted by Gasteiger charge is -2.23. The van der Waals surface area contributed by atoms with Crippen LogP contribution in [0.3, 0.4) is 0 Å². The Labute approximate surface area is 228 Å². The lowest BCUT2D eigenvalue weighted by atomic mass is 10.2. The number of halogens is 1. The van der Waals surface area contributed by atoms with Crippen molar-refractivity contribution >= 4 is 27.6 Å². The predicted molar refractivity (Wildman–Crippen MR) is 150 cm³/mol. The molecule has 0 atom stereocenters. The largest absolute Gasteiger partial charge is 0.460 e. The van der Waals surface area contributed by atoms with Gasteiger partial charge in [0.05, 0.1) is 11.6 Å². The van der Waals surface area contributed by atoms with Crippen LogP contribution in [0, 0.1) is 18.3 Å². The zero-order valence-corrected chi connectivity index (χ0v) is 23.8. The second-order valence-electron chi connectivity index (χ2n) is 9.30. The van der Waals surface area contributed by atoms with Crippen LogP contribution in [-0.4, -0.2) is 37.4 Å². The minimum absolute atomic E-state index is 0. The van der Waals surface area contributed by atoms with Gasteiger partial charge < -0.3 is 9.47 Å². The molecule has 2 aromatic carbocycles. The van der Waals surface area contributed by atoms with E-state index >= 15 is 0 Å². The standard InChI is InChI=1S/C21H25ClN2O3S.C6H12O2.CH4/c1-4-6-10-24(9-5-2)28(25,26)21-13-17(15-23)7-8-20(21)27-19-12-16(3)11-18(22)14-19;1-5(7)8-6(2,3)4;/h7-8,11-14H,4-6,9-10H2,1-3H3;1-4H3;1H4. The first-order chi connectivity index (χ1) is 16.7. The Morgan fingerprint density at radius 3 is 2.19 bits per heavy atom. The third-order valence-electron chi connectivity index (χ3n) is 4.62. The fourth-order valence-corrected chi connectivity index (χ4v) is 5.25. The molecule has 0 unspecified atom stereocenters. The van der Waals surface area contributed by atoms with Crippen LogP contribution in [0.25, 0.3) is 0 Å². The summed E-state index contributed by atoms with van der Waals surface area (Å²) in [6.07, 6.45) is 2.35. The molecule has 0 saturated carbocycles. The summed E-state index contributed by atoms with van der Waals surface area (Å²) in [5.74, 6) is 0.400. The summed E-state index contributed by atoms with van der Waals surface area (Å²) in [7, 11) is -3.81. The van der Waals surface area contributed by atoms with E-state index in [1.54, 1.807) is 24.3 Å². The number of esters is 1. The van der Waals surface area contributed by atoms with Crippen molar-refractivity contribution in [1.82, 2.24) is 4.31 Å². The van der Waals surface area contributed by atoms with Gasteiger partial charge in [0.15, 0.2) is 0 Å². The van der Waals surface area contributed by atoms with E-state index in [1.165, 1.54) is 23.4 Å². The highest BCUT2D eigenvalue weighted by Gasteiger charge is 2.28. The van der Waals surface area contributed by atoms with Gasteiger partial charge in [-0.25, -0.2) is 8.42 Å². The van der Waals surface area contributed by atoms with Gasteiger partial charge in [0.2, 0.25) is 10.0 Å². The van der Waals surface area contributed by atoms with Gasteiger partial charge in [-0.2, -0.15) is 9.57 Å². The molecule has 2 rings (SSSR count). The van der Waals surface area contributed by atoms with E-state index in [1.807, 2.05) is 47.6 Å². The summed E-state index contributed by atoms with van der Waals surface area (Å²) in [5, 5.41) is 9.75. The molecule has 206 valence electrons. The third-order valence-corrected chi connectivity index (χ3v) is 6.76. The number of nitriles is 1. The Hall–Kier alpha value is -2.60. The zero-order chi connectivity index (χ0) is 27.5. The van der Waals surface area contributed by atoms with Crippen molar-refractivity contribution < 1.29 is 22.7 Å². The fourth-order valence-electron chi connectivity index (χ4n) is 3.26. The van der Waals surface area contributed by atoms with Crippen LogP contribution in [0.5, 0.6) is 11.5 Å². The molecule has 0 N–H and O–H groups in total. The van der Waals surface area contributed by atoms with Crippen molar-refractivity contribution in [2.75, 3.05) is 13.1 Å². The van der Waals surface area contributed by atoms with Gasteiger partial charge in [-0.1, -0.05) is 39.3 Å². The molecule has 0 amide bonds. The van der Waals surface area contributed by atoms with Crippen LogP contribution in [0.2, 0.25) is 5.02 Å². The van der Waals surface area contributed by atoms with Gasteiger partial charge in [-0.3, -0.25) is 4.79 Å². The highest BCUT2D eigenvalue weighted by molar-refractivity contribution is 7.89. The number of benzene rings is 2. The van der Waals surface area contributed by atoms with Crippen molar-refractivity contribution in [3.8, 4) is 17.6 Å². The van der Waals surface area contributed by atoms with Crippen molar-refractivity contribution in [3.63, 3.8) is 0 Å². The Bertz CT molecular complexity index is 1150. The maximum absolute atomic E-state index is 13.4. The number of aryl methyl sites for hydroxylation is 1. The van der Waals surface area contributed by atoms with Crippen molar-refractivity contribution in [2.24, 2.45) is 0 Å². The molecule has 7 nitrogen and oxygen atoms in total. The van der Waals surface area contributed by atoms with Crippen LogP contribution >= 0.6 is 11.6 Å². The maximum Gasteiger partial charge on any atom is 0.303 e. The normalized spacial score (nSPS) is 11.0. The molecule has 0 aliphatic rings. The average molecular weight is 553 g/mol. The molecule has 0 saturated heterocycles. The Balaban J connectivity index is 0.00000125. The van der Waals surface area contributed by atoms with E-state index in [9.17, 15) is 18.5 Å². The molecule has 2 aromatic rings. The number of hydrogen-bond donors (Lipinski definition) is 0. The predicted octanol–water partition coefficient (Wildman–Crippen LogP) is 7.50. The summed E-state index contributed by atoms with van der Waals surface area (Å²) in [5.41, 5.74) is 0.836. The second-order valence-corrected chi connectivity index (χ2v) is 11.6. The van der Waals surface area contributed by atoms with E-state index in [0.29, 0.717) is 30.3 Å².